The van der Waals surface area contributed by atoms with Gasteiger partial charge in [0.2, 0.25) is 0 Å². The molecule has 0 fully saturated rings. The molecule has 62 valence electrons. The number of ether oxygens (including phenoxy) is 1. The van der Waals surface area contributed by atoms with Gasteiger partial charge in [-0.1, -0.05) is 30.9 Å². The summed E-state index contributed by atoms with van der Waals surface area (Å²) in [6.45, 7) is 6.34. The van der Waals surface area contributed by atoms with Gasteiger partial charge in [-0.25, -0.2) is 0 Å². The van der Waals surface area contributed by atoms with E-state index in [9.17, 15) is 0 Å². The quantitative estimate of drug-likeness (QED) is 0.435. The minimum Gasteiger partial charge on any atom is -0.380 e. The van der Waals surface area contributed by atoms with Crippen molar-refractivity contribution in [1.82, 2.24) is 0 Å². The summed E-state index contributed by atoms with van der Waals surface area (Å²) < 4.78 is 5.00. The van der Waals surface area contributed by atoms with Crippen molar-refractivity contribution in [3.05, 3.63) is 36.5 Å². The molecule has 0 N–H and O–H groups in total. The van der Waals surface area contributed by atoms with Gasteiger partial charge >= 0.3 is 0 Å². The zero-order chi connectivity index (χ0) is 8.53. The van der Waals surface area contributed by atoms with E-state index in [1.54, 1.807) is 13.2 Å². The summed E-state index contributed by atoms with van der Waals surface area (Å²) in [6, 6.07) is 0. The number of hydrogen-bond acceptors (Lipinski definition) is 1. The molecule has 0 aromatic rings. The first-order chi connectivity index (χ1) is 5.35. The van der Waals surface area contributed by atoms with E-state index in [0.29, 0.717) is 6.61 Å². The lowest BCUT2D eigenvalue weighted by atomic mass is 10.2. The van der Waals surface area contributed by atoms with Gasteiger partial charge in [0.15, 0.2) is 0 Å². The number of hydrogen-bond donors (Lipinski definition) is 0. The van der Waals surface area contributed by atoms with Crippen LogP contribution in [0.25, 0.3) is 0 Å². The summed E-state index contributed by atoms with van der Waals surface area (Å²) in [5.41, 5.74) is 1.25. The molecule has 0 unspecified atom stereocenters. The van der Waals surface area contributed by atoms with E-state index in [2.05, 4.69) is 12.7 Å². The Kier molecular flexibility index (Phi) is 6.75. The van der Waals surface area contributed by atoms with E-state index in [1.165, 1.54) is 5.57 Å². The molecule has 0 aromatic heterocycles. The first-order valence-corrected chi connectivity index (χ1v) is 3.75. The fourth-order valence-corrected chi connectivity index (χ4v) is 0.796. The standard InChI is InChI=1S/C10H16O/c1-4-6-8-10(7-5-2)9-11-3/h4-7H,2,8-9H2,1,3H3/b6-4-,10-7+. The Hall–Kier alpha value is -0.820. The molecule has 0 aromatic carbocycles. The molecule has 0 heterocycles. The number of methoxy groups -OCH3 is 1. The third kappa shape index (κ3) is 5.62. The van der Waals surface area contributed by atoms with Crippen LogP contribution >= 0.6 is 0 Å². The molecule has 11 heavy (non-hydrogen) atoms. The topological polar surface area (TPSA) is 9.23 Å². The molecular formula is C10H16O. The molecule has 0 rings (SSSR count). The van der Waals surface area contributed by atoms with Crippen LogP contribution in [0.1, 0.15) is 13.3 Å². The van der Waals surface area contributed by atoms with Gasteiger partial charge in [-0.3, -0.25) is 0 Å². The molecule has 1 nitrogen and oxygen atoms in total. The molecular weight excluding hydrogens is 136 g/mol. The highest BCUT2D eigenvalue weighted by atomic mass is 16.5. The molecule has 1 heteroatoms. The van der Waals surface area contributed by atoms with Gasteiger partial charge in [-0.2, -0.15) is 0 Å². The van der Waals surface area contributed by atoms with Crippen LogP contribution in [-0.4, -0.2) is 13.7 Å². The van der Waals surface area contributed by atoms with E-state index in [4.69, 9.17) is 4.74 Å². The highest BCUT2D eigenvalue weighted by molar-refractivity contribution is 5.13. The predicted molar refractivity (Wildman–Crippen MR) is 49.6 cm³/mol. The minimum atomic E-state index is 0.691. The summed E-state index contributed by atoms with van der Waals surface area (Å²) >= 11 is 0. The molecule has 0 radical (unpaired) electrons. The molecule has 0 bridgehead atoms. The van der Waals surface area contributed by atoms with Crippen molar-refractivity contribution in [2.24, 2.45) is 0 Å². The summed E-state index contributed by atoms with van der Waals surface area (Å²) in [7, 11) is 1.70. The van der Waals surface area contributed by atoms with Crippen molar-refractivity contribution >= 4 is 0 Å². The predicted octanol–water partition coefficient (Wildman–Crippen LogP) is 2.71. The van der Waals surface area contributed by atoms with Gasteiger partial charge in [0.05, 0.1) is 6.61 Å². The Balaban J connectivity index is 3.88. The average Bonchev–Trinajstić information content (AvgIpc) is 2.01. The van der Waals surface area contributed by atoms with Crippen molar-refractivity contribution in [2.75, 3.05) is 13.7 Å². The molecule has 0 aliphatic rings. The Morgan fingerprint density at radius 2 is 2.27 bits per heavy atom. The van der Waals surface area contributed by atoms with E-state index < -0.39 is 0 Å². The first-order valence-electron chi connectivity index (χ1n) is 3.75. The van der Waals surface area contributed by atoms with Gasteiger partial charge < -0.3 is 4.74 Å². The van der Waals surface area contributed by atoms with Crippen LogP contribution < -0.4 is 0 Å². The molecule has 0 spiro atoms. The fourth-order valence-electron chi connectivity index (χ4n) is 0.796. The largest absolute Gasteiger partial charge is 0.380 e. The van der Waals surface area contributed by atoms with Crippen LogP contribution in [0, 0.1) is 0 Å². The highest BCUT2D eigenvalue weighted by Gasteiger charge is 1.90. The summed E-state index contributed by atoms with van der Waals surface area (Å²) in [5, 5.41) is 0. The maximum atomic E-state index is 5.00. The van der Waals surface area contributed by atoms with Crippen LogP contribution in [0.5, 0.6) is 0 Å². The Morgan fingerprint density at radius 1 is 1.55 bits per heavy atom. The zero-order valence-corrected chi connectivity index (χ0v) is 7.34. The Bertz CT molecular complexity index is 154. The zero-order valence-electron chi connectivity index (χ0n) is 7.34. The number of allylic oxidation sites excluding steroid dienone is 4. The normalized spacial score (nSPS) is 12.4. The second-order valence-electron chi connectivity index (χ2n) is 2.27. The van der Waals surface area contributed by atoms with Crippen LogP contribution in [0.3, 0.4) is 0 Å². The Labute approximate surface area is 69.1 Å². The fraction of sp³-hybridized carbons (Fsp3) is 0.400. The van der Waals surface area contributed by atoms with Gasteiger partial charge in [0.25, 0.3) is 0 Å². The smallest absolute Gasteiger partial charge is 0.0679 e. The average molecular weight is 152 g/mol. The molecule has 0 saturated heterocycles. The monoisotopic (exact) mass is 152 g/mol. The summed E-state index contributed by atoms with van der Waals surface area (Å²) in [6.07, 6.45) is 8.87. The van der Waals surface area contributed by atoms with Crippen molar-refractivity contribution in [3.63, 3.8) is 0 Å². The van der Waals surface area contributed by atoms with Gasteiger partial charge in [0, 0.05) is 7.11 Å². The maximum Gasteiger partial charge on any atom is 0.0679 e. The van der Waals surface area contributed by atoms with Crippen LogP contribution in [0.2, 0.25) is 0 Å². The lowest BCUT2D eigenvalue weighted by molar-refractivity contribution is 0.224. The molecule has 0 atom stereocenters. The van der Waals surface area contributed by atoms with Crippen molar-refractivity contribution in [3.8, 4) is 0 Å². The lowest BCUT2D eigenvalue weighted by Crippen LogP contribution is -1.92. The van der Waals surface area contributed by atoms with Crippen LogP contribution in [0.4, 0.5) is 0 Å². The van der Waals surface area contributed by atoms with Crippen molar-refractivity contribution in [2.45, 2.75) is 13.3 Å². The first kappa shape index (κ1) is 10.2. The Morgan fingerprint density at radius 3 is 2.73 bits per heavy atom. The van der Waals surface area contributed by atoms with E-state index in [-0.39, 0.29) is 0 Å². The van der Waals surface area contributed by atoms with Crippen molar-refractivity contribution < 1.29 is 4.74 Å². The second kappa shape index (κ2) is 7.29. The van der Waals surface area contributed by atoms with Crippen molar-refractivity contribution in [1.29, 1.82) is 0 Å². The third-order valence-corrected chi connectivity index (χ3v) is 1.30. The van der Waals surface area contributed by atoms with Crippen LogP contribution in [0.15, 0.2) is 36.5 Å². The second-order valence-corrected chi connectivity index (χ2v) is 2.27. The van der Waals surface area contributed by atoms with E-state index >= 15 is 0 Å². The molecule has 0 aliphatic heterocycles. The lowest BCUT2D eigenvalue weighted by Gasteiger charge is -2.00. The number of rotatable bonds is 5. The SMILES string of the molecule is C=C/C=C(\C/C=C\C)COC. The summed E-state index contributed by atoms with van der Waals surface area (Å²) in [5.74, 6) is 0. The molecule has 0 aliphatic carbocycles. The highest BCUT2D eigenvalue weighted by Crippen LogP contribution is 2.02. The van der Waals surface area contributed by atoms with Gasteiger partial charge in [0.1, 0.15) is 0 Å². The van der Waals surface area contributed by atoms with Gasteiger partial charge in [-0.15, -0.1) is 0 Å². The van der Waals surface area contributed by atoms with Gasteiger partial charge in [-0.05, 0) is 18.9 Å². The summed E-state index contributed by atoms with van der Waals surface area (Å²) in [4.78, 5) is 0. The molecule has 0 saturated carbocycles. The van der Waals surface area contributed by atoms with Crippen LogP contribution in [-0.2, 0) is 4.74 Å². The van der Waals surface area contributed by atoms with E-state index in [1.807, 2.05) is 19.1 Å². The van der Waals surface area contributed by atoms with E-state index in [0.717, 1.165) is 6.42 Å². The molecule has 0 amide bonds. The third-order valence-electron chi connectivity index (χ3n) is 1.30. The minimum absolute atomic E-state index is 0.691. The maximum absolute atomic E-state index is 5.00.